The van der Waals surface area contributed by atoms with Gasteiger partial charge >= 0.3 is 5.91 Å². The van der Waals surface area contributed by atoms with Crippen molar-refractivity contribution in [3.63, 3.8) is 0 Å². The van der Waals surface area contributed by atoms with Crippen LogP contribution >= 0.6 is 0 Å². The van der Waals surface area contributed by atoms with E-state index in [-0.39, 0.29) is 5.78 Å². The van der Waals surface area contributed by atoms with E-state index in [2.05, 4.69) is 5.92 Å². The first-order valence-electron chi connectivity index (χ1n) is 10.6. The van der Waals surface area contributed by atoms with Gasteiger partial charge in [0.25, 0.3) is 0 Å². The molecule has 0 aliphatic heterocycles. The second-order valence-electron chi connectivity index (χ2n) is 8.02. The van der Waals surface area contributed by atoms with Crippen molar-refractivity contribution in [2.24, 2.45) is 5.92 Å². The van der Waals surface area contributed by atoms with Crippen molar-refractivity contribution in [2.45, 2.75) is 45.1 Å². The van der Waals surface area contributed by atoms with Crippen molar-refractivity contribution in [2.75, 3.05) is 19.1 Å². The van der Waals surface area contributed by atoms with Crippen molar-refractivity contribution < 1.29 is 19.1 Å². The number of amides is 1. The van der Waals surface area contributed by atoms with Gasteiger partial charge in [0, 0.05) is 18.2 Å². The van der Waals surface area contributed by atoms with Crippen molar-refractivity contribution >= 4 is 17.4 Å². The number of methoxy groups -OCH3 is 2. The number of carbonyl (C=O) groups is 2. The first-order chi connectivity index (χ1) is 15.0. The molecule has 2 aromatic carbocycles. The number of ketones is 1. The molecule has 0 saturated heterocycles. The van der Waals surface area contributed by atoms with Gasteiger partial charge in [-0.15, -0.1) is 6.42 Å². The molecule has 2 aromatic rings. The summed E-state index contributed by atoms with van der Waals surface area (Å²) in [6.45, 7) is 1.91. The van der Waals surface area contributed by atoms with E-state index in [0.717, 1.165) is 31.2 Å². The third kappa shape index (κ3) is 5.27. The van der Waals surface area contributed by atoms with Crippen LogP contribution in [0.5, 0.6) is 11.5 Å². The third-order valence-corrected chi connectivity index (χ3v) is 5.85. The van der Waals surface area contributed by atoms with Crippen molar-refractivity contribution in [3.8, 4) is 23.8 Å². The van der Waals surface area contributed by atoms with Gasteiger partial charge in [0.15, 0.2) is 5.78 Å². The van der Waals surface area contributed by atoms with Crippen molar-refractivity contribution in [1.82, 2.24) is 0 Å². The predicted molar refractivity (Wildman–Crippen MR) is 121 cm³/mol. The summed E-state index contributed by atoms with van der Waals surface area (Å²) in [5, 5.41) is 0. The Balaban J connectivity index is 2.09. The molecule has 0 aromatic heterocycles. The highest BCUT2D eigenvalue weighted by Crippen LogP contribution is 2.36. The number of Topliss-reactive ketones (excluding diaryl/α,β-unsaturated/α-hetero) is 1. The lowest BCUT2D eigenvalue weighted by Crippen LogP contribution is -2.39. The van der Waals surface area contributed by atoms with Gasteiger partial charge in [-0.05, 0) is 54.2 Å². The average Bonchev–Trinajstić information content (AvgIpc) is 3.29. The van der Waals surface area contributed by atoms with Gasteiger partial charge in [0.2, 0.25) is 0 Å². The Kier molecular flexibility index (Phi) is 7.36. The van der Waals surface area contributed by atoms with Gasteiger partial charge in [-0.1, -0.05) is 37.8 Å². The molecule has 1 aliphatic carbocycles. The van der Waals surface area contributed by atoms with Crippen LogP contribution in [0.2, 0.25) is 0 Å². The van der Waals surface area contributed by atoms with E-state index < -0.39 is 11.9 Å². The number of anilines is 1. The fourth-order valence-corrected chi connectivity index (χ4v) is 4.31. The molecule has 1 amide bonds. The summed E-state index contributed by atoms with van der Waals surface area (Å²) >= 11 is 0. The second-order valence-corrected chi connectivity index (χ2v) is 8.02. The van der Waals surface area contributed by atoms with Crippen LogP contribution in [0, 0.1) is 25.2 Å². The average molecular weight is 420 g/mol. The third-order valence-electron chi connectivity index (χ3n) is 5.85. The number of aryl methyl sites for hydroxylation is 1. The van der Waals surface area contributed by atoms with Crippen LogP contribution in [0.15, 0.2) is 42.5 Å². The zero-order chi connectivity index (χ0) is 22.4. The number of nitrogens with zero attached hydrogens (tertiary/aromatic N) is 1. The number of carbonyl (C=O) groups excluding carboxylic acids is 2. The Bertz CT molecular complexity index is 968. The monoisotopic (exact) mass is 419 g/mol. The fourth-order valence-electron chi connectivity index (χ4n) is 4.31. The van der Waals surface area contributed by atoms with Crippen LogP contribution in [0.4, 0.5) is 5.69 Å². The van der Waals surface area contributed by atoms with E-state index in [1.54, 1.807) is 32.4 Å². The molecule has 0 heterocycles. The fraction of sp³-hybridized carbons (Fsp3) is 0.385. The molecule has 0 bridgehead atoms. The SMILES string of the molecule is C#CC(=O)N(c1cc(C)cc(OC)c1)C(C(=O)CC1CCCC1)c1ccc(OC)cc1. The molecule has 5 nitrogen and oxygen atoms in total. The van der Waals surface area contributed by atoms with E-state index in [0.29, 0.717) is 35.1 Å². The Morgan fingerprint density at radius 2 is 1.71 bits per heavy atom. The topological polar surface area (TPSA) is 55.8 Å². The summed E-state index contributed by atoms with van der Waals surface area (Å²) in [7, 11) is 3.16. The molecule has 5 heteroatoms. The Morgan fingerprint density at radius 3 is 2.29 bits per heavy atom. The summed E-state index contributed by atoms with van der Waals surface area (Å²) in [6.07, 6.45) is 10.3. The van der Waals surface area contributed by atoms with E-state index in [4.69, 9.17) is 15.9 Å². The largest absolute Gasteiger partial charge is 0.497 e. The quantitative estimate of drug-likeness (QED) is 0.573. The van der Waals surface area contributed by atoms with Crippen LogP contribution in [-0.2, 0) is 9.59 Å². The van der Waals surface area contributed by atoms with Crippen LogP contribution in [0.3, 0.4) is 0 Å². The van der Waals surface area contributed by atoms with Crippen LogP contribution in [0.1, 0.15) is 49.3 Å². The maximum Gasteiger partial charge on any atom is 0.303 e. The van der Waals surface area contributed by atoms with Gasteiger partial charge in [0.05, 0.1) is 14.2 Å². The summed E-state index contributed by atoms with van der Waals surface area (Å²) < 4.78 is 10.7. The lowest BCUT2D eigenvalue weighted by Gasteiger charge is -2.31. The lowest BCUT2D eigenvalue weighted by atomic mass is 9.92. The lowest BCUT2D eigenvalue weighted by molar-refractivity contribution is -0.124. The molecule has 1 atom stereocenters. The smallest absolute Gasteiger partial charge is 0.303 e. The Labute approximate surface area is 184 Å². The number of hydrogen-bond donors (Lipinski definition) is 0. The minimum atomic E-state index is -0.818. The summed E-state index contributed by atoms with van der Waals surface area (Å²) in [6, 6.07) is 11.9. The summed E-state index contributed by atoms with van der Waals surface area (Å²) in [5.74, 6) is 3.26. The number of ether oxygens (including phenoxy) is 2. The molecule has 31 heavy (non-hydrogen) atoms. The molecule has 3 rings (SSSR count). The minimum absolute atomic E-state index is 0.0128. The van der Waals surface area contributed by atoms with Crippen LogP contribution < -0.4 is 14.4 Å². The molecule has 0 spiro atoms. The molecule has 1 unspecified atom stereocenters. The number of benzene rings is 2. The second kappa shape index (κ2) is 10.2. The van der Waals surface area contributed by atoms with E-state index in [1.807, 2.05) is 31.2 Å². The molecular weight excluding hydrogens is 390 g/mol. The standard InChI is InChI=1S/C26H29NO4/c1-5-25(29)27(21-14-18(2)15-23(17-21)31-4)26(20-10-12-22(30-3)13-11-20)24(28)16-19-8-6-7-9-19/h1,10-15,17,19,26H,6-9,16H2,2-4H3. The summed E-state index contributed by atoms with van der Waals surface area (Å²) in [5.41, 5.74) is 2.15. The molecule has 1 fully saturated rings. The van der Waals surface area contributed by atoms with Gasteiger partial charge in [-0.2, -0.15) is 0 Å². The minimum Gasteiger partial charge on any atom is -0.497 e. The predicted octanol–water partition coefficient (Wildman–Crippen LogP) is 4.87. The van der Waals surface area contributed by atoms with Crippen LogP contribution in [0.25, 0.3) is 0 Å². The molecule has 1 aliphatic rings. The molecule has 0 N–H and O–H groups in total. The normalized spacial score (nSPS) is 14.5. The highest BCUT2D eigenvalue weighted by Gasteiger charge is 2.34. The highest BCUT2D eigenvalue weighted by atomic mass is 16.5. The van der Waals surface area contributed by atoms with E-state index >= 15 is 0 Å². The first-order valence-corrected chi connectivity index (χ1v) is 10.6. The Hall–Kier alpha value is -3.26. The van der Waals surface area contributed by atoms with E-state index in [9.17, 15) is 9.59 Å². The molecule has 1 saturated carbocycles. The van der Waals surface area contributed by atoms with Crippen molar-refractivity contribution in [3.05, 3.63) is 53.6 Å². The van der Waals surface area contributed by atoms with Gasteiger partial charge < -0.3 is 9.47 Å². The zero-order valence-corrected chi connectivity index (χ0v) is 18.4. The van der Waals surface area contributed by atoms with Crippen LogP contribution in [-0.4, -0.2) is 25.9 Å². The number of rotatable bonds is 8. The summed E-state index contributed by atoms with van der Waals surface area (Å²) in [4.78, 5) is 28.0. The van der Waals surface area contributed by atoms with Gasteiger partial charge in [0.1, 0.15) is 17.5 Å². The Morgan fingerprint density at radius 1 is 1.06 bits per heavy atom. The highest BCUT2D eigenvalue weighted by molar-refractivity contribution is 6.10. The van der Waals surface area contributed by atoms with Crippen molar-refractivity contribution in [1.29, 1.82) is 0 Å². The molecular formula is C26H29NO4. The zero-order valence-electron chi connectivity index (χ0n) is 18.4. The van der Waals surface area contributed by atoms with Gasteiger partial charge in [-0.25, -0.2) is 0 Å². The maximum atomic E-state index is 13.6. The molecule has 0 radical (unpaired) electrons. The number of terminal acetylenes is 1. The van der Waals surface area contributed by atoms with E-state index in [1.165, 1.54) is 4.90 Å². The number of hydrogen-bond acceptors (Lipinski definition) is 4. The maximum absolute atomic E-state index is 13.6. The van der Waals surface area contributed by atoms with Gasteiger partial charge in [-0.3, -0.25) is 14.5 Å². The first kappa shape index (κ1) is 22.4. The molecule has 162 valence electrons.